The zero-order valence-electron chi connectivity index (χ0n) is 14.0. The predicted octanol–water partition coefficient (Wildman–Crippen LogP) is 2.57. The molecule has 6 nitrogen and oxygen atoms in total. The molecule has 128 valence electrons. The van der Waals surface area contributed by atoms with Crippen molar-refractivity contribution >= 4 is 6.47 Å². The molecule has 0 fully saturated rings. The third-order valence-electron chi connectivity index (χ3n) is 1.81. The first-order valence-electron chi connectivity index (χ1n) is 6.59. The average molecular weight is 316 g/mol. The van der Waals surface area contributed by atoms with Crippen LogP contribution in [0.15, 0.2) is 49.2 Å². The minimum atomic E-state index is -0.0154. The van der Waals surface area contributed by atoms with E-state index in [2.05, 4.69) is 24.5 Å². The molecule has 0 aliphatic carbocycles. The molecule has 0 atom stereocenters. The van der Waals surface area contributed by atoms with E-state index in [4.69, 9.17) is 19.3 Å². The van der Waals surface area contributed by atoms with Crippen molar-refractivity contribution in [3.63, 3.8) is 0 Å². The Morgan fingerprint density at radius 2 is 1.73 bits per heavy atom. The van der Waals surface area contributed by atoms with Gasteiger partial charge in [-0.15, -0.1) is 13.2 Å². The van der Waals surface area contributed by atoms with Gasteiger partial charge in [0, 0.05) is 13.2 Å². The molecule has 1 N–H and O–H groups in total. The minimum absolute atomic E-state index is 0.0154. The van der Waals surface area contributed by atoms with E-state index in [-0.39, 0.29) is 24.8 Å². The predicted molar refractivity (Wildman–Crippen MR) is 87.0 cm³/mol. The Bertz CT molecular complexity index is 334. The topological polar surface area (TPSA) is 74.2 Å². The smallest absolute Gasteiger partial charge is 0.330 e. The fourth-order valence-corrected chi connectivity index (χ4v) is 0.999. The molecule has 0 aromatic rings. The fraction of sp³-hybridized carbons (Fsp3) is 0.438. The maximum absolute atomic E-state index is 10.3. The number of ether oxygens (including phenoxy) is 4. The Balaban J connectivity index is -0.000000637. The molecule has 22 heavy (non-hydrogen) atoms. The quantitative estimate of drug-likeness (QED) is 0.305. The Morgan fingerprint density at radius 1 is 1.18 bits per heavy atom. The molecular weight excluding hydrogens is 288 g/mol. The van der Waals surface area contributed by atoms with Gasteiger partial charge in [0.1, 0.15) is 0 Å². The number of rotatable bonds is 9. The summed E-state index contributed by atoms with van der Waals surface area (Å²) in [7, 11) is 2.82. The third-order valence-corrected chi connectivity index (χ3v) is 1.81. The SMILES string of the molecule is C=C.C=C/C(=C\C(OC)=C(/OC)OC=O)COCC.CCO. The zero-order valence-corrected chi connectivity index (χ0v) is 14.0. The van der Waals surface area contributed by atoms with Crippen molar-refractivity contribution in [1.82, 2.24) is 0 Å². The van der Waals surface area contributed by atoms with Crippen LogP contribution in [0, 0.1) is 0 Å². The van der Waals surface area contributed by atoms with E-state index in [1.165, 1.54) is 14.2 Å². The van der Waals surface area contributed by atoms with Gasteiger partial charge in [-0.1, -0.05) is 12.7 Å². The van der Waals surface area contributed by atoms with E-state index < -0.39 is 0 Å². The molecular formula is C16H28O6. The number of aliphatic hydroxyl groups is 1. The zero-order chi connectivity index (χ0) is 17.8. The van der Waals surface area contributed by atoms with Gasteiger partial charge in [-0.2, -0.15) is 0 Å². The van der Waals surface area contributed by atoms with Crippen LogP contribution in [-0.4, -0.2) is 45.6 Å². The van der Waals surface area contributed by atoms with Crippen molar-refractivity contribution in [2.45, 2.75) is 13.8 Å². The van der Waals surface area contributed by atoms with E-state index in [1.807, 2.05) is 6.92 Å². The summed E-state index contributed by atoms with van der Waals surface area (Å²) in [5, 5.41) is 7.57. The van der Waals surface area contributed by atoms with Gasteiger partial charge in [-0.3, -0.25) is 4.79 Å². The molecule has 6 heteroatoms. The third kappa shape index (κ3) is 14.4. The highest BCUT2D eigenvalue weighted by molar-refractivity contribution is 5.40. The Kier molecular flexibility index (Phi) is 24.1. The average Bonchev–Trinajstić information content (AvgIpc) is 2.56. The minimum Gasteiger partial charge on any atom is -0.490 e. The number of carbonyl (C=O) groups is 1. The maximum Gasteiger partial charge on any atom is 0.330 e. The first-order chi connectivity index (χ1) is 10.6. The molecule has 0 heterocycles. The molecule has 0 aromatic carbocycles. The largest absolute Gasteiger partial charge is 0.490 e. The van der Waals surface area contributed by atoms with Crippen LogP contribution in [0.3, 0.4) is 0 Å². The highest BCUT2D eigenvalue weighted by Gasteiger charge is 2.08. The number of carbonyl (C=O) groups excluding carboxylic acids is 1. The van der Waals surface area contributed by atoms with E-state index in [1.54, 1.807) is 19.1 Å². The van der Waals surface area contributed by atoms with Crippen LogP contribution >= 0.6 is 0 Å². The number of hydrogen-bond acceptors (Lipinski definition) is 6. The summed E-state index contributed by atoms with van der Waals surface area (Å²) in [4.78, 5) is 10.3. The Hall–Kier alpha value is -2.05. The van der Waals surface area contributed by atoms with Crippen molar-refractivity contribution in [2.24, 2.45) is 0 Å². The van der Waals surface area contributed by atoms with E-state index in [0.717, 1.165) is 5.57 Å². The molecule has 0 saturated carbocycles. The van der Waals surface area contributed by atoms with E-state index >= 15 is 0 Å². The van der Waals surface area contributed by atoms with Crippen LogP contribution in [0.1, 0.15) is 13.8 Å². The molecule has 0 rings (SSSR count). The van der Waals surface area contributed by atoms with Crippen LogP contribution in [0.25, 0.3) is 0 Å². The fourth-order valence-electron chi connectivity index (χ4n) is 0.999. The van der Waals surface area contributed by atoms with Crippen molar-refractivity contribution in [3.05, 3.63) is 49.2 Å². The van der Waals surface area contributed by atoms with Crippen LogP contribution in [0.2, 0.25) is 0 Å². The van der Waals surface area contributed by atoms with Gasteiger partial charge in [-0.25, -0.2) is 0 Å². The molecule has 0 aliphatic rings. The van der Waals surface area contributed by atoms with Gasteiger partial charge in [0.2, 0.25) is 5.76 Å². The van der Waals surface area contributed by atoms with E-state index in [0.29, 0.717) is 13.2 Å². The highest BCUT2D eigenvalue weighted by Crippen LogP contribution is 2.12. The van der Waals surface area contributed by atoms with Gasteiger partial charge >= 0.3 is 12.4 Å². The van der Waals surface area contributed by atoms with Crippen LogP contribution in [0.4, 0.5) is 0 Å². The lowest BCUT2D eigenvalue weighted by molar-refractivity contribution is -0.130. The van der Waals surface area contributed by atoms with Crippen LogP contribution in [0.5, 0.6) is 0 Å². The second kappa shape index (κ2) is 21.3. The molecule has 0 spiro atoms. The van der Waals surface area contributed by atoms with Gasteiger partial charge < -0.3 is 24.1 Å². The first kappa shape index (κ1) is 24.9. The number of methoxy groups -OCH3 is 2. The maximum atomic E-state index is 10.3. The van der Waals surface area contributed by atoms with Crippen molar-refractivity contribution in [1.29, 1.82) is 0 Å². The summed E-state index contributed by atoms with van der Waals surface area (Å²) in [6.45, 7) is 14.7. The number of hydrogen-bond donors (Lipinski definition) is 1. The monoisotopic (exact) mass is 316 g/mol. The summed E-state index contributed by atoms with van der Waals surface area (Å²) >= 11 is 0. The molecule has 0 aromatic heterocycles. The second-order valence-electron chi connectivity index (χ2n) is 3.15. The molecule has 0 bridgehead atoms. The number of aliphatic hydroxyl groups excluding tert-OH is 1. The first-order valence-corrected chi connectivity index (χ1v) is 6.59. The molecule has 0 amide bonds. The second-order valence-corrected chi connectivity index (χ2v) is 3.15. The Morgan fingerprint density at radius 3 is 2.05 bits per heavy atom. The standard InChI is InChI=1S/C12H18O5.C2H6O.C2H4/c1-5-10(8-16-6-2)7-11(14-3)12(15-4)17-9-13;1-2-3;1-2/h5,7,9H,1,6,8H2,2-4H3;3H,2H2,1H3;1-2H2/b10-7+,12-11-;;. The van der Waals surface area contributed by atoms with Gasteiger partial charge in [-0.05, 0) is 25.5 Å². The highest BCUT2D eigenvalue weighted by atomic mass is 16.7. The van der Waals surface area contributed by atoms with Crippen molar-refractivity contribution in [2.75, 3.05) is 34.0 Å². The lowest BCUT2D eigenvalue weighted by Gasteiger charge is -2.09. The number of allylic oxidation sites excluding steroid dienone is 1. The Labute approximate surface area is 133 Å². The van der Waals surface area contributed by atoms with Crippen molar-refractivity contribution in [3.8, 4) is 0 Å². The summed E-state index contributed by atoms with van der Waals surface area (Å²) in [5.74, 6) is 0.271. The summed E-state index contributed by atoms with van der Waals surface area (Å²) in [6.07, 6.45) is 3.26. The summed E-state index contributed by atoms with van der Waals surface area (Å²) in [6, 6.07) is 0. The van der Waals surface area contributed by atoms with Gasteiger partial charge in [0.15, 0.2) is 0 Å². The molecule has 0 unspecified atom stereocenters. The lowest BCUT2D eigenvalue weighted by atomic mass is 10.2. The van der Waals surface area contributed by atoms with Crippen LogP contribution in [-0.2, 0) is 23.7 Å². The summed E-state index contributed by atoms with van der Waals surface area (Å²) < 4.78 is 19.8. The normalized spacial score (nSPS) is 10.7. The van der Waals surface area contributed by atoms with Crippen LogP contribution < -0.4 is 0 Å². The molecule has 0 aliphatic heterocycles. The van der Waals surface area contributed by atoms with Crippen molar-refractivity contribution < 1.29 is 28.8 Å². The molecule has 0 saturated heterocycles. The molecule has 0 radical (unpaired) electrons. The summed E-state index contributed by atoms with van der Waals surface area (Å²) in [5.41, 5.74) is 0.785. The lowest BCUT2D eigenvalue weighted by Crippen LogP contribution is -2.02. The van der Waals surface area contributed by atoms with Gasteiger partial charge in [0.05, 0.1) is 20.8 Å². The van der Waals surface area contributed by atoms with E-state index in [9.17, 15) is 4.79 Å². The van der Waals surface area contributed by atoms with Gasteiger partial charge in [0.25, 0.3) is 0 Å².